The number of esters is 1. The lowest BCUT2D eigenvalue weighted by molar-refractivity contribution is -0.139. The monoisotopic (exact) mass is 541 g/mol. The molecule has 1 amide bonds. The summed E-state index contributed by atoms with van der Waals surface area (Å²) in [5, 5.41) is 5.88. The first kappa shape index (κ1) is 26.5. The van der Waals surface area contributed by atoms with E-state index < -0.39 is 17.6 Å². The predicted molar refractivity (Wildman–Crippen MR) is 141 cm³/mol. The highest BCUT2D eigenvalue weighted by molar-refractivity contribution is 7.11. The van der Waals surface area contributed by atoms with E-state index in [2.05, 4.69) is 15.2 Å². The number of nitrogens with zero attached hydrogens (tertiary/aromatic N) is 4. The maximum absolute atomic E-state index is 14.7. The molecule has 9 nitrogen and oxygen atoms in total. The highest BCUT2D eigenvalue weighted by Gasteiger charge is 2.54. The van der Waals surface area contributed by atoms with E-state index in [0.717, 1.165) is 0 Å². The fourth-order valence-corrected chi connectivity index (χ4v) is 6.38. The molecule has 3 aliphatic rings. The van der Waals surface area contributed by atoms with Crippen molar-refractivity contribution in [2.24, 2.45) is 10.9 Å². The van der Waals surface area contributed by atoms with E-state index in [-0.39, 0.29) is 24.2 Å². The summed E-state index contributed by atoms with van der Waals surface area (Å²) in [5.74, 6) is -0.437. The molecule has 3 atom stereocenters. The number of halogens is 1. The molecule has 3 aliphatic heterocycles. The third-order valence-electron chi connectivity index (χ3n) is 7.69. The molecule has 0 aliphatic carbocycles. The van der Waals surface area contributed by atoms with Crippen LogP contribution in [0.4, 0.5) is 4.39 Å². The van der Waals surface area contributed by atoms with Crippen LogP contribution in [0.2, 0.25) is 0 Å². The molecule has 5 rings (SSSR count). The number of likely N-dealkylation sites (tertiary alicyclic amines) is 2. The number of aliphatic imine (C=N–C) groups is 1. The molecule has 1 N–H and O–H groups in total. The molecular formula is C27H32FN5O4S. The Morgan fingerprint density at radius 1 is 1.34 bits per heavy atom. The quantitative estimate of drug-likeness (QED) is 0.539. The Kier molecular flexibility index (Phi) is 7.34. The Morgan fingerprint density at radius 3 is 2.87 bits per heavy atom. The van der Waals surface area contributed by atoms with Crippen LogP contribution in [0.3, 0.4) is 0 Å². The lowest BCUT2D eigenvalue weighted by Crippen LogP contribution is -2.56. The largest absolute Gasteiger partial charge is 0.463 e. The number of benzene rings is 1. The molecule has 0 radical (unpaired) electrons. The Morgan fingerprint density at radius 2 is 2.16 bits per heavy atom. The van der Waals surface area contributed by atoms with Crippen LogP contribution in [0.5, 0.6) is 0 Å². The van der Waals surface area contributed by atoms with E-state index >= 15 is 0 Å². The number of carbonyl (C=O) groups is 2. The zero-order valence-corrected chi connectivity index (χ0v) is 22.8. The zero-order valence-electron chi connectivity index (χ0n) is 22.0. The SMILES string of the molecule is CCOC(=O)C1=C(CN2CC[C@H]3C(=O)N(C)C[C@@]3(OC)C2)NC(c2nccs2)=NC1c1cccc(F)c1C. The highest BCUT2D eigenvalue weighted by Crippen LogP contribution is 2.39. The summed E-state index contributed by atoms with van der Waals surface area (Å²) in [5.41, 5.74) is 1.37. The van der Waals surface area contributed by atoms with Crippen LogP contribution >= 0.6 is 11.3 Å². The van der Waals surface area contributed by atoms with Crippen molar-refractivity contribution in [1.29, 1.82) is 0 Å². The van der Waals surface area contributed by atoms with Crippen molar-refractivity contribution >= 4 is 29.0 Å². The Labute approximate surface area is 225 Å². The summed E-state index contributed by atoms with van der Waals surface area (Å²) < 4.78 is 26.1. The van der Waals surface area contributed by atoms with Crippen molar-refractivity contribution in [2.75, 3.05) is 46.9 Å². The second kappa shape index (κ2) is 10.5. The fraction of sp³-hybridized carbons (Fsp3) is 0.481. The minimum Gasteiger partial charge on any atom is -0.463 e. The van der Waals surface area contributed by atoms with Crippen LogP contribution in [0.25, 0.3) is 0 Å². The van der Waals surface area contributed by atoms with Gasteiger partial charge in [0.05, 0.1) is 24.6 Å². The number of carbonyl (C=O) groups excluding carboxylic acids is 2. The van der Waals surface area contributed by atoms with E-state index in [1.165, 1.54) is 17.4 Å². The van der Waals surface area contributed by atoms with Crippen LogP contribution in [0.15, 0.2) is 46.0 Å². The van der Waals surface area contributed by atoms with Gasteiger partial charge < -0.3 is 19.7 Å². The topological polar surface area (TPSA) is 96.4 Å². The molecule has 1 unspecified atom stereocenters. The van der Waals surface area contributed by atoms with Gasteiger partial charge in [0.1, 0.15) is 17.5 Å². The predicted octanol–water partition coefficient (Wildman–Crippen LogP) is 2.68. The molecular weight excluding hydrogens is 509 g/mol. The molecule has 4 heterocycles. The number of amidine groups is 1. The second-order valence-electron chi connectivity index (χ2n) is 9.92. The average Bonchev–Trinajstić information content (AvgIpc) is 3.52. The Balaban J connectivity index is 1.56. The second-order valence-corrected chi connectivity index (χ2v) is 10.8. The lowest BCUT2D eigenvalue weighted by atomic mass is 9.83. The number of amides is 1. The standard InChI is InChI=1S/C27H32FN5O4S/c1-5-37-26(35)21-20(13-33-11-9-18-25(34)32(3)14-27(18,15-33)36-4)30-23(24-29-10-12-38-24)31-22(21)17-7-6-8-19(28)16(17)2/h6-8,10,12,18,22H,5,9,11,13-15H2,1-4H3,(H,30,31)/t18-,22?,27+/m0/s1. The van der Waals surface area contributed by atoms with Crippen LogP contribution in [0.1, 0.15) is 35.5 Å². The summed E-state index contributed by atoms with van der Waals surface area (Å²) in [6, 6.07) is 4.04. The van der Waals surface area contributed by atoms with Crippen molar-refractivity contribution in [3.63, 3.8) is 0 Å². The van der Waals surface area contributed by atoms with Gasteiger partial charge in [-0.3, -0.25) is 14.7 Å². The average molecular weight is 542 g/mol. The van der Waals surface area contributed by atoms with Crippen molar-refractivity contribution in [3.05, 3.63) is 63.0 Å². The van der Waals surface area contributed by atoms with Crippen LogP contribution in [-0.4, -0.2) is 85.0 Å². The van der Waals surface area contributed by atoms with Crippen LogP contribution in [-0.2, 0) is 19.1 Å². The first-order valence-electron chi connectivity index (χ1n) is 12.7. The van der Waals surface area contributed by atoms with Crippen LogP contribution in [0, 0.1) is 18.7 Å². The number of piperidine rings is 1. The van der Waals surface area contributed by atoms with Gasteiger partial charge in [-0.15, -0.1) is 11.3 Å². The number of hydrogen-bond donors (Lipinski definition) is 1. The number of aromatic nitrogens is 1. The minimum atomic E-state index is -0.770. The van der Waals surface area contributed by atoms with Gasteiger partial charge >= 0.3 is 5.97 Å². The number of thiazole rings is 1. The molecule has 1 aromatic carbocycles. The number of likely N-dealkylation sites (N-methyl/N-ethyl adjacent to an activating group) is 1. The summed E-state index contributed by atoms with van der Waals surface area (Å²) in [7, 11) is 3.46. The normalized spacial score (nSPS) is 25.8. The van der Waals surface area contributed by atoms with Gasteiger partial charge in [-0.2, -0.15) is 0 Å². The highest BCUT2D eigenvalue weighted by atomic mass is 32.1. The summed E-state index contributed by atoms with van der Waals surface area (Å²) in [6.07, 6.45) is 2.34. The molecule has 202 valence electrons. The van der Waals surface area contributed by atoms with Crippen molar-refractivity contribution in [2.45, 2.75) is 31.9 Å². The first-order valence-corrected chi connectivity index (χ1v) is 13.6. The van der Waals surface area contributed by atoms with Gasteiger partial charge in [0.15, 0.2) is 10.8 Å². The van der Waals surface area contributed by atoms with Gasteiger partial charge in [0, 0.05) is 44.5 Å². The maximum atomic E-state index is 14.7. The lowest BCUT2D eigenvalue weighted by Gasteiger charge is -2.42. The van der Waals surface area contributed by atoms with Crippen molar-refractivity contribution < 1.29 is 23.5 Å². The molecule has 38 heavy (non-hydrogen) atoms. The number of fused-ring (bicyclic) bond motifs is 1. The first-order chi connectivity index (χ1) is 18.3. The van der Waals surface area contributed by atoms with Gasteiger partial charge in [-0.05, 0) is 44.0 Å². The summed E-state index contributed by atoms with van der Waals surface area (Å²) in [4.78, 5) is 39.4. The van der Waals surface area contributed by atoms with E-state index in [0.29, 0.717) is 65.8 Å². The molecule has 0 saturated carbocycles. The zero-order chi connectivity index (χ0) is 27.0. The maximum Gasteiger partial charge on any atom is 0.338 e. The van der Waals surface area contributed by atoms with E-state index in [9.17, 15) is 14.0 Å². The Hall–Kier alpha value is -3.15. The molecule has 11 heteroatoms. The fourth-order valence-electron chi connectivity index (χ4n) is 5.79. The van der Waals surface area contributed by atoms with Crippen LogP contribution < -0.4 is 5.32 Å². The Bertz CT molecular complexity index is 1300. The summed E-state index contributed by atoms with van der Waals surface area (Å²) >= 11 is 1.42. The molecule has 2 fully saturated rings. The number of hydrogen-bond acceptors (Lipinski definition) is 9. The van der Waals surface area contributed by atoms with Gasteiger partial charge in [-0.1, -0.05) is 12.1 Å². The molecule has 0 spiro atoms. The number of methoxy groups -OCH3 is 1. The van der Waals surface area contributed by atoms with E-state index in [1.54, 1.807) is 51.2 Å². The molecule has 1 aromatic heterocycles. The smallest absolute Gasteiger partial charge is 0.338 e. The van der Waals surface area contributed by atoms with Crippen molar-refractivity contribution in [1.82, 2.24) is 20.1 Å². The molecule has 0 bridgehead atoms. The number of rotatable bonds is 7. The minimum absolute atomic E-state index is 0.105. The molecule has 2 aromatic rings. The number of nitrogens with one attached hydrogen (secondary N) is 1. The van der Waals surface area contributed by atoms with Gasteiger partial charge in [0.2, 0.25) is 5.91 Å². The number of ether oxygens (including phenoxy) is 2. The van der Waals surface area contributed by atoms with Crippen molar-refractivity contribution in [3.8, 4) is 0 Å². The third kappa shape index (κ3) is 4.63. The van der Waals surface area contributed by atoms with Gasteiger partial charge in [0.25, 0.3) is 0 Å². The molecule has 2 saturated heterocycles. The summed E-state index contributed by atoms with van der Waals surface area (Å²) in [6.45, 7) is 5.70. The van der Waals surface area contributed by atoms with Gasteiger partial charge in [-0.25, -0.2) is 14.2 Å². The van der Waals surface area contributed by atoms with E-state index in [4.69, 9.17) is 14.5 Å². The van der Waals surface area contributed by atoms with E-state index in [1.807, 2.05) is 5.38 Å². The third-order valence-corrected chi connectivity index (χ3v) is 8.47.